The zero-order valence-corrected chi connectivity index (χ0v) is 10.3. The van der Waals surface area contributed by atoms with E-state index in [4.69, 9.17) is 0 Å². The lowest BCUT2D eigenvalue weighted by Crippen LogP contribution is -2.21. The lowest BCUT2D eigenvalue weighted by molar-refractivity contribution is 0.587. The number of nitrogens with one attached hydrogen (secondary N) is 1. The van der Waals surface area contributed by atoms with Crippen LogP contribution >= 0.6 is 0 Å². The average Bonchev–Trinajstić information content (AvgIpc) is 2.45. The van der Waals surface area contributed by atoms with Gasteiger partial charge in [0, 0.05) is 17.8 Å². The Kier molecular flexibility index (Phi) is 3.51. The molecule has 1 aromatic heterocycles. The van der Waals surface area contributed by atoms with Gasteiger partial charge in [0.05, 0.1) is 11.4 Å². The lowest BCUT2D eigenvalue weighted by atomic mass is 10.2. The van der Waals surface area contributed by atoms with Gasteiger partial charge in [-0.1, -0.05) is 0 Å². The molecule has 0 aliphatic carbocycles. The molecular formula is C9H17N3O2S. The first kappa shape index (κ1) is 12.2. The third-order valence-corrected chi connectivity index (χ3v) is 3.77. The second kappa shape index (κ2) is 4.32. The van der Waals surface area contributed by atoms with Crippen LogP contribution in [0.25, 0.3) is 0 Å². The molecule has 0 aromatic carbocycles. The first-order chi connectivity index (χ1) is 6.91. The van der Waals surface area contributed by atoms with E-state index in [1.54, 1.807) is 0 Å². The zero-order valence-electron chi connectivity index (χ0n) is 9.53. The Hall–Kier alpha value is -0.880. The summed E-state index contributed by atoms with van der Waals surface area (Å²) in [5.41, 5.74) is 2.51. The molecule has 0 radical (unpaired) electrons. The van der Waals surface area contributed by atoms with E-state index in [1.807, 2.05) is 25.5 Å². The number of aromatic nitrogens is 2. The van der Waals surface area contributed by atoms with E-state index in [2.05, 4.69) is 9.82 Å². The van der Waals surface area contributed by atoms with Crippen LogP contribution in [0.5, 0.6) is 0 Å². The van der Waals surface area contributed by atoms with Crippen molar-refractivity contribution in [1.29, 1.82) is 0 Å². The van der Waals surface area contributed by atoms with E-state index in [1.165, 1.54) is 7.05 Å². The number of aryl methyl sites for hydroxylation is 2. The van der Waals surface area contributed by atoms with Crippen LogP contribution in [0.2, 0.25) is 0 Å². The summed E-state index contributed by atoms with van der Waals surface area (Å²) in [6, 6.07) is 0. The van der Waals surface area contributed by atoms with Crippen molar-refractivity contribution in [3.05, 3.63) is 17.0 Å². The molecule has 6 heteroatoms. The number of nitrogens with zero attached hydrogens (tertiary/aromatic N) is 2. The van der Waals surface area contributed by atoms with Gasteiger partial charge in [-0.15, -0.1) is 0 Å². The number of hydrogen-bond donors (Lipinski definition) is 1. The minimum Gasteiger partial charge on any atom is -0.270 e. The molecule has 1 aromatic rings. The van der Waals surface area contributed by atoms with Crippen molar-refractivity contribution in [2.75, 3.05) is 7.05 Å². The maximum atomic E-state index is 11.4. The molecule has 0 unspecified atom stereocenters. The molecule has 1 N–H and O–H groups in total. The van der Waals surface area contributed by atoms with Gasteiger partial charge in [-0.05, 0) is 27.8 Å². The van der Waals surface area contributed by atoms with Gasteiger partial charge >= 0.3 is 0 Å². The van der Waals surface area contributed by atoms with Gasteiger partial charge in [0.2, 0.25) is 10.0 Å². The van der Waals surface area contributed by atoms with Crippen LogP contribution in [0.15, 0.2) is 0 Å². The lowest BCUT2D eigenvalue weighted by Gasteiger charge is -2.03. The molecule has 1 rings (SSSR count). The van der Waals surface area contributed by atoms with Crippen molar-refractivity contribution in [2.24, 2.45) is 0 Å². The first-order valence-corrected chi connectivity index (χ1v) is 6.50. The predicted octanol–water partition coefficient (Wildman–Crippen LogP) is 0.569. The van der Waals surface area contributed by atoms with Crippen LogP contribution in [0.3, 0.4) is 0 Å². The maximum absolute atomic E-state index is 11.4. The van der Waals surface area contributed by atoms with Gasteiger partial charge in [0.15, 0.2) is 0 Å². The average molecular weight is 231 g/mol. The maximum Gasteiger partial charge on any atom is 0.215 e. The van der Waals surface area contributed by atoms with Crippen LogP contribution in [0.4, 0.5) is 0 Å². The van der Waals surface area contributed by atoms with Gasteiger partial charge in [-0.2, -0.15) is 5.10 Å². The van der Waals surface area contributed by atoms with Crippen molar-refractivity contribution >= 4 is 10.0 Å². The van der Waals surface area contributed by atoms with E-state index in [-0.39, 0.29) is 5.75 Å². The van der Waals surface area contributed by atoms with Crippen molar-refractivity contribution in [2.45, 2.75) is 33.1 Å². The van der Waals surface area contributed by atoms with Gasteiger partial charge in [-0.25, -0.2) is 13.1 Å². The SMILES string of the molecule is CCn1nc(C)c(CS(=O)(=O)NC)c1C. The van der Waals surface area contributed by atoms with Gasteiger partial charge < -0.3 is 0 Å². The van der Waals surface area contributed by atoms with Crippen LogP contribution in [0.1, 0.15) is 23.9 Å². The minimum absolute atomic E-state index is 0.00116. The molecule has 5 nitrogen and oxygen atoms in total. The van der Waals surface area contributed by atoms with Gasteiger partial charge in [-0.3, -0.25) is 4.68 Å². The number of rotatable bonds is 4. The molecule has 0 saturated heterocycles. The Morgan fingerprint density at radius 1 is 1.40 bits per heavy atom. The molecular weight excluding hydrogens is 214 g/mol. The van der Waals surface area contributed by atoms with E-state index in [9.17, 15) is 8.42 Å². The molecule has 0 aliphatic heterocycles. The highest BCUT2D eigenvalue weighted by atomic mass is 32.2. The van der Waals surface area contributed by atoms with E-state index in [0.29, 0.717) is 0 Å². The summed E-state index contributed by atoms with van der Waals surface area (Å²) in [4.78, 5) is 0. The zero-order chi connectivity index (χ0) is 11.6. The quantitative estimate of drug-likeness (QED) is 0.824. The Morgan fingerprint density at radius 3 is 2.40 bits per heavy atom. The van der Waals surface area contributed by atoms with Gasteiger partial charge in [0.1, 0.15) is 0 Å². The third kappa shape index (κ3) is 2.57. The van der Waals surface area contributed by atoms with Crippen LogP contribution in [-0.2, 0) is 22.3 Å². The van der Waals surface area contributed by atoms with Crippen LogP contribution in [-0.4, -0.2) is 25.2 Å². The van der Waals surface area contributed by atoms with Crippen molar-refractivity contribution in [1.82, 2.24) is 14.5 Å². The van der Waals surface area contributed by atoms with Crippen molar-refractivity contribution in [3.63, 3.8) is 0 Å². The fourth-order valence-corrected chi connectivity index (χ4v) is 2.46. The third-order valence-electron chi connectivity index (χ3n) is 2.48. The topological polar surface area (TPSA) is 64.0 Å². The smallest absolute Gasteiger partial charge is 0.215 e. The van der Waals surface area contributed by atoms with E-state index >= 15 is 0 Å². The van der Waals surface area contributed by atoms with Crippen molar-refractivity contribution < 1.29 is 8.42 Å². The Labute approximate surface area is 90.5 Å². The highest BCUT2D eigenvalue weighted by molar-refractivity contribution is 7.88. The molecule has 15 heavy (non-hydrogen) atoms. The molecule has 0 saturated carbocycles. The summed E-state index contributed by atoms with van der Waals surface area (Å²) >= 11 is 0. The molecule has 0 atom stereocenters. The monoisotopic (exact) mass is 231 g/mol. The molecule has 0 fully saturated rings. The summed E-state index contributed by atoms with van der Waals surface area (Å²) in [6.45, 7) is 6.46. The normalized spacial score (nSPS) is 12.0. The summed E-state index contributed by atoms with van der Waals surface area (Å²) in [6.07, 6.45) is 0. The fraction of sp³-hybridized carbons (Fsp3) is 0.667. The molecule has 0 aliphatic rings. The Balaban J connectivity index is 3.11. The van der Waals surface area contributed by atoms with Crippen LogP contribution in [0, 0.1) is 13.8 Å². The molecule has 0 spiro atoms. The highest BCUT2D eigenvalue weighted by Crippen LogP contribution is 2.15. The molecule has 0 amide bonds. The molecule has 1 heterocycles. The number of hydrogen-bond acceptors (Lipinski definition) is 3. The second-order valence-electron chi connectivity index (χ2n) is 3.43. The minimum atomic E-state index is -3.22. The standard InChI is InChI=1S/C9H17N3O2S/c1-5-12-8(3)9(7(2)11-12)6-15(13,14)10-4/h10H,5-6H2,1-4H3. The van der Waals surface area contributed by atoms with E-state index in [0.717, 1.165) is 23.5 Å². The number of sulfonamides is 1. The van der Waals surface area contributed by atoms with Crippen LogP contribution < -0.4 is 4.72 Å². The Morgan fingerprint density at radius 2 is 2.00 bits per heavy atom. The summed E-state index contributed by atoms with van der Waals surface area (Å²) < 4.78 is 27.0. The fourth-order valence-electron chi connectivity index (χ4n) is 1.51. The highest BCUT2D eigenvalue weighted by Gasteiger charge is 2.17. The second-order valence-corrected chi connectivity index (χ2v) is 5.35. The summed E-state index contributed by atoms with van der Waals surface area (Å²) in [5.74, 6) is 0.00116. The first-order valence-electron chi connectivity index (χ1n) is 4.85. The summed E-state index contributed by atoms with van der Waals surface area (Å²) in [7, 11) is -1.79. The molecule has 0 bridgehead atoms. The summed E-state index contributed by atoms with van der Waals surface area (Å²) in [5, 5.41) is 4.27. The Bertz CT molecular complexity index is 448. The van der Waals surface area contributed by atoms with E-state index < -0.39 is 10.0 Å². The van der Waals surface area contributed by atoms with Gasteiger partial charge in [0.25, 0.3) is 0 Å². The predicted molar refractivity (Wildman–Crippen MR) is 59.1 cm³/mol. The van der Waals surface area contributed by atoms with Crippen molar-refractivity contribution in [3.8, 4) is 0 Å². The largest absolute Gasteiger partial charge is 0.270 e. The molecule has 86 valence electrons.